The lowest BCUT2D eigenvalue weighted by molar-refractivity contribution is -0.902. The van der Waals surface area contributed by atoms with Crippen LogP contribution >= 0.6 is 0 Å². The molecular formula is C5H15N2O+. The molecule has 0 heterocycles. The maximum atomic E-state index is 8.36. The van der Waals surface area contributed by atoms with E-state index in [1.54, 1.807) is 0 Å². The van der Waals surface area contributed by atoms with Gasteiger partial charge in [-0.1, -0.05) is 0 Å². The van der Waals surface area contributed by atoms with Gasteiger partial charge >= 0.3 is 0 Å². The minimum Gasteiger partial charge on any atom is -0.396 e. The number of hydrogen-bond acceptors (Lipinski definition) is 2. The molecule has 0 spiro atoms. The topological polar surface area (TPSA) is 46.2 Å². The number of nitrogens with zero attached hydrogens (tertiary/aromatic N) is 1. The number of nitrogens with two attached hydrogens (primary N) is 1. The van der Waals surface area contributed by atoms with Crippen molar-refractivity contribution in [2.45, 2.75) is 6.42 Å². The SMILES string of the molecule is C[N+](C)(N)CCCO. The van der Waals surface area contributed by atoms with Gasteiger partial charge in [-0.25, -0.2) is 0 Å². The van der Waals surface area contributed by atoms with Crippen molar-refractivity contribution in [3.8, 4) is 0 Å². The normalized spacial score (nSPS) is 12.0. The molecule has 0 saturated carbocycles. The van der Waals surface area contributed by atoms with Gasteiger partial charge in [0.15, 0.2) is 0 Å². The second-order valence-corrected chi connectivity index (χ2v) is 2.58. The Morgan fingerprint density at radius 1 is 1.50 bits per heavy atom. The summed E-state index contributed by atoms with van der Waals surface area (Å²) in [6.07, 6.45) is 0.781. The minimum absolute atomic E-state index is 0.235. The molecule has 3 heteroatoms. The highest BCUT2D eigenvalue weighted by atomic mass is 16.3. The van der Waals surface area contributed by atoms with Gasteiger partial charge in [-0.15, -0.1) is 0 Å². The third-order valence-electron chi connectivity index (χ3n) is 0.893. The second kappa shape index (κ2) is 3.02. The van der Waals surface area contributed by atoms with E-state index in [0.29, 0.717) is 4.59 Å². The van der Waals surface area contributed by atoms with Crippen molar-refractivity contribution in [2.24, 2.45) is 5.84 Å². The van der Waals surface area contributed by atoms with E-state index in [1.807, 2.05) is 14.1 Å². The molecule has 0 aliphatic carbocycles. The summed E-state index contributed by atoms with van der Waals surface area (Å²) < 4.78 is 0.445. The molecule has 0 fully saturated rings. The van der Waals surface area contributed by atoms with Crippen molar-refractivity contribution >= 4 is 0 Å². The van der Waals surface area contributed by atoms with E-state index in [4.69, 9.17) is 10.9 Å². The van der Waals surface area contributed by atoms with Crippen LogP contribution in [-0.4, -0.2) is 36.9 Å². The summed E-state index contributed by atoms with van der Waals surface area (Å²) in [5.41, 5.74) is 0. The average Bonchev–Trinajstić information content (AvgIpc) is 1.59. The molecule has 0 saturated heterocycles. The first-order valence-corrected chi connectivity index (χ1v) is 2.79. The lowest BCUT2D eigenvalue weighted by Gasteiger charge is -2.21. The van der Waals surface area contributed by atoms with Crippen LogP contribution in [0.4, 0.5) is 0 Å². The Morgan fingerprint density at radius 2 is 2.00 bits per heavy atom. The zero-order chi connectivity index (χ0) is 6.62. The largest absolute Gasteiger partial charge is 0.396 e. The van der Waals surface area contributed by atoms with Gasteiger partial charge < -0.3 is 5.11 Å². The van der Waals surface area contributed by atoms with Gasteiger partial charge in [0, 0.05) is 13.0 Å². The van der Waals surface area contributed by atoms with Gasteiger partial charge in [0.25, 0.3) is 0 Å². The summed E-state index contributed by atoms with van der Waals surface area (Å²) in [6.45, 7) is 1.06. The van der Waals surface area contributed by atoms with E-state index in [9.17, 15) is 0 Å². The lowest BCUT2D eigenvalue weighted by atomic mass is 10.4. The molecule has 3 N–H and O–H groups in total. The smallest absolute Gasteiger partial charge is 0.0978 e. The molecule has 0 rings (SSSR count). The van der Waals surface area contributed by atoms with Crippen LogP contribution in [0, 0.1) is 0 Å². The molecule has 0 aliphatic heterocycles. The fraction of sp³-hybridized carbons (Fsp3) is 1.00. The number of rotatable bonds is 3. The number of aliphatic hydroxyl groups excluding tert-OH is 1. The molecule has 0 aromatic carbocycles. The van der Waals surface area contributed by atoms with Gasteiger partial charge in [-0.2, -0.15) is 5.84 Å². The van der Waals surface area contributed by atoms with E-state index in [-0.39, 0.29) is 6.61 Å². The molecule has 0 aromatic rings. The van der Waals surface area contributed by atoms with Crippen LogP contribution in [-0.2, 0) is 0 Å². The standard InChI is InChI=1S/C5H15N2O/c1-7(2,6)4-3-5-8/h8H,3-6H2,1-2H3/q+1. The first kappa shape index (κ1) is 7.88. The quantitative estimate of drug-likeness (QED) is 0.294. The first-order chi connectivity index (χ1) is 3.56. The molecule has 0 radical (unpaired) electrons. The molecule has 0 bridgehead atoms. The van der Waals surface area contributed by atoms with E-state index >= 15 is 0 Å². The van der Waals surface area contributed by atoms with Gasteiger partial charge in [-0.3, -0.25) is 4.59 Å². The summed E-state index contributed by atoms with van der Waals surface area (Å²) in [7, 11) is 3.80. The van der Waals surface area contributed by atoms with Crippen LogP contribution in [0.25, 0.3) is 0 Å². The van der Waals surface area contributed by atoms with E-state index < -0.39 is 0 Å². The van der Waals surface area contributed by atoms with Crippen molar-refractivity contribution in [2.75, 3.05) is 27.2 Å². The maximum absolute atomic E-state index is 8.36. The second-order valence-electron chi connectivity index (χ2n) is 2.58. The molecule has 50 valence electrons. The molecule has 0 amide bonds. The molecule has 0 atom stereocenters. The van der Waals surface area contributed by atoms with Gasteiger partial charge in [0.05, 0.1) is 20.6 Å². The average molecular weight is 119 g/mol. The fourth-order valence-corrected chi connectivity index (χ4v) is 0.478. The van der Waals surface area contributed by atoms with Gasteiger partial charge in [0.2, 0.25) is 0 Å². The lowest BCUT2D eigenvalue weighted by Crippen LogP contribution is -2.47. The highest BCUT2D eigenvalue weighted by Gasteiger charge is 2.04. The van der Waals surface area contributed by atoms with E-state index in [2.05, 4.69) is 0 Å². The van der Waals surface area contributed by atoms with Gasteiger partial charge in [0.1, 0.15) is 0 Å². The summed E-state index contributed by atoms with van der Waals surface area (Å²) in [5, 5.41) is 8.36. The third kappa shape index (κ3) is 5.88. The van der Waals surface area contributed by atoms with Crippen molar-refractivity contribution in [3.63, 3.8) is 0 Å². The molecular weight excluding hydrogens is 104 g/mol. The summed E-state index contributed by atoms with van der Waals surface area (Å²) >= 11 is 0. The Labute approximate surface area is 50.3 Å². The van der Waals surface area contributed by atoms with Crippen LogP contribution in [0.3, 0.4) is 0 Å². The first-order valence-electron chi connectivity index (χ1n) is 2.79. The predicted molar refractivity (Wildman–Crippen MR) is 32.9 cm³/mol. The van der Waals surface area contributed by atoms with Crippen LogP contribution in [0.15, 0.2) is 0 Å². The highest BCUT2D eigenvalue weighted by molar-refractivity contribution is 4.27. The maximum Gasteiger partial charge on any atom is 0.0978 e. The molecule has 3 nitrogen and oxygen atoms in total. The Morgan fingerprint density at radius 3 is 2.12 bits per heavy atom. The highest BCUT2D eigenvalue weighted by Crippen LogP contribution is 1.86. The van der Waals surface area contributed by atoms with Crippen LogP contribution in [0.1, 0.15) is 6.42 Å². The summed E-state index contributed by atoms with van der Waals surface area (Å²) in [5.74, 6) is 5.55. The number of quaternary nitrogens is 1. The zero-order valence-corrected chi connectivity index (χ0v) is 5.59. The molecule has 0 unspecified atom stereocenters. The van der Waals surface area contributed by atoms with Crippen LogP contribution < -0.4 is 5.84 Å². The molecule has 8 heavy (non-hydrogen) atoms. The third-order valence-corrected chi connectivity index (χ3v) is 0.893. The summed E-state index contributed by atoms with van der Waals surface area (Å²) in [4.78, 5) is 0. The Bertz CT molecular complexity index is 57.9. The minimum atomic E-state index is 0.235. The predicted octanol–water partition coefficient (Wildman–Crippen LogP) is -0.681. The monoisotopic (exact) mass is 119 g/mol. The van der Waals surface area contributed by atoms with Crippen molar-refractivity contribution < 1.29 is 9.70 Å². The number of aliphatic hydroxyl groups is 1. The van der Waals surface area contributed by atoms with Crippen LogP contribution in [0.2, 0.25) is 0 Å². The zero-order valence-electron chi connectivity index (χ0n) is 5.59. The Hall–Kier alpha value is -0.120. The Balaban J connectivity index is 3.11. The fourth-order valence-electron chi connectivity index (χ4n) is 0.478. The van der Waals surface area contributed by atoms with Gasteiger partial charge in [-0.05, 0) is 0 Å². The van der Waals surface area contributed by atoms with Crippen molar-refractivity contribution in [1.82, 2.24) is 0 Å². The number of hydrogen-bond donors (Lipinski definition) is 2. The van der Waals surface area contributed by atoms with Crippen LogP contribution in [0.5, 0.6) is 0 Å². The Kier molecular flexibility index (Phi) is 2.97. The molecule has 0 aliphatic rings. The van der Waals surface area contributed by atoms with E-state index in [1.165, 1.54) is 0 Å². The van der Waals surface area contributed by atoms with Crippen molar-refractivity contribution in [1.29, 1.82) is 0 Å². The molecule has 0 aromatic heterocycles. The van der Waals surface area contributed by atoms with E-state index in [0.717, 1.165) is 13.0 Å². The van der Waals surface area contributed by atoms with Crippen molar-refractivity contribution in [3.05, 3.63) is 0 Å². The summed E-state index contributed by atoms with van der Waals surface area (Å²) in [6, 6.07) is 0.